The zero-order valence-corrected chi connectivity index (χ0v) is 17.0. The van der Waals surface area contributed by atoms with E-state index in [4.69, 9.17) is 0 Å². The Hall–Kier alpha value is -2.14. The molecule has 1 aromatic carbocycles. The lowest BCUT2D eigenvalue weighted by atomic mass is 9.66. The summed E-state index contributed by atoms with van der Waals surface area (Å²) >= 11 is 0. The number of carbonyl (C=O) groups excluding carboxylic acids is 1. The van der Waals surface area contributed by atoms with Gasteiger partial charge in [0.05, 0.1) is 11.3 Å². The largest absolute Gasteiger partial charge is 0.385 e. The number of piperidine rings is 1. The normalized spacial score (nSPS) is 27.5. The van der Waals surface area contributed by atoms with Crippen molar-refractivity contribution in [2.45, 2.75) is 63.5 Å². The van der Waals surface area contributed by atoms with Crippen molar-refractivity contribution >= 4 is 5.91 Å². The second-order valence-corrected chi connectivity index (χ2v) is 8.39. The van der Waals surface area contributed by atoms with Crippen molar-refractivity contribution in [2.24, 2.45) is 13.0 Å². The van der Waals surface area contributed by atoms with Crippen molar-refractivity contribution in [3.63, 3.8) is 0 Å². The number of fused-ring (bicyclic) bond motifs is 1. The van der Waals surface area contributed by atoms with E-state index in [0.29, 0.717) is 18.7 Å². The van der Waals surface area contributed by atoms with Crippen LogP contribution in [0.25, 0.3) is 0 Å². The minimum atomic E-state index is -0.844. The molecule has 0 radical (unpaired) electrons. The van der Waals surface area contributed by atoms with Gasteiger partial charge < -0.3 is 10.0 Å². The molecule has 5 nitrogen and oxygen atoms in total. The van der Waals surface area contributed by atoms with Gasteiger partial charge in [-0.2, -0.15) is 5.10 Å². The third kappa shape index (κ3) is 3.26. The second-order valence-electron chi connectivity index (χ2n) is 8.39. The van der Waals surface area contributed by atoms with E-state index < -0.39 is 5.60 Å². The molecule has 2 heterocycles. The van der Waals surface area contributed by atoms with Crippen molar-refractivity contribution in [3.8, 4) is 0 Å². The first-order chi connectivity index (χ1) is 13.5. The Bertz CT molecular complexity index is 832. The van der Waals surface area contributed by atoms with Crippen LogP contribution in [-0.2, 0) is 19.1 Å². The number of carbonyl (C=O) groups is 1. The minimum Gasteiger partial charge on any atom is -0.385 e. The number of nitrogens with zero attached hydrogens (tertiary/aromatic N) is 3. The molecule has 28 heavy (non-hydrogen) atoms. The van der Waals surface area contributed by atoms with E-state index in [-0.39, 0.29) is 17.9 Å². The predicted octanol–water partition coefficient (Wildman–Crippen LogP) is 3.67. The molecule has 3 atom stereocenters. The summed E-state index contributed by atoms with van der Waals surface area (Å²) in [7, 11) is 1.86. The van der Waals surface area contributed by atoms with Gasteiger partial charge >= 0.3 is 0 Å². The molecule has 2 fully saturated rings. The first kappa shape index (κ1) is 19.2. The van der Waals surface area contributed by atoms with E-state index in [0.717, 1.165) is 49.8 Å². The van der Waals surface area contributed by atoms with Gasteiger partial charge in [-0.05, 0) is 37.3 Å². The van der Waals surface area contributed by atoms with Crippen molar-refractivity contribution in [1.82, 2.24) is 14.7 Å². The van der Waals surface area contributed by atoms with Crippen LogP contribution in [0.3, 0.4) is 0 Å². The third-order valence-corrected chi connectivity index (χ3v) is 6.67. The highest BCUT2D eigenvalue weighted by Gasteiger charge is 2.50. The quantitative estimate of drug-likeness (QED) is 0.879. The van der Waals surface area contributed by atoms with Gasteiger partial charge in [0.15, 0.2) is 0 Å². The lowest BCUT2D eigenvalue weighted by Crippen LogP contribution is -2.59. The number of benzene rings is 1. The van der Waals surface area contributed by atoms with Crippen molar-refractivity contribution in [1.29, 1.82) is 0 Å². The number of hydrogen-bond donors (Lipinski definition) is 1. The average molecular weight is 382 g/mol. The molecule has 1 saturated carbocycles. The van der Waals surface area contributed by atoms with E-state index in [1.807, 2.05) is 48.3 Å². The van der Waals surface area contributed by atoms with Crippen LogP contribution in [0.2, 0.25) is 0 Å². The fraction of sp³-hybridized carbons (Fsp3) is 0.565. The minimum absolute atomic E-state index is 0.0596. The highest BCUT2D eigenvalue weighted by molar-refractivity contribution is 5.93. The van der Waals surface area contributed by atoms with E-state index in [1.165, 1.54) is 0 Å². The maximum absolute atomic E-state index is 13.4. The molecule has 2 aliphatic rings. The summed E-state index contributed by atoms with van der Waals surface area (Å²) in [6.45, 7) is 2.71. The summed E-state index contributed by atoms with van der Waals surface area (Å²) in [4.78, 5) is 15.4. The summed E-state index contributed by atoms with van der Waals surface area (Å²) < 4.78 is 1.73. The summed E-state index contributed by atoms with van der Waals surface area (Å²) in [6.07, 6.45) is 6.65. The molecule has 1 aromatic heterocycles. The van der Waals surface area contributed by atoms with Crippen LogP contribution in [0.4, 0.5) is 0 Å². The molecule has 1 aliphatic carbocycles. The molecule has 1 saturated heterocycles. The van der Waals surface area contributed by atoms with Gasteiger partial charge in [0.2, 0.25) is 0 Å². The van der Waals surface area contributed by atoms with Crippen LogP contribution in [0.15, 0.2) is 36.4 Å². The molecule has 0 bridgehead atoms. The maximum atomic E-state index is 13.4. The number of amides is 1. The van der Waals surface area contributed by atoms with Crippen LogP contribution >= 0.6 is 0 Å². The first-order valence-electron chi connectivity index (χ1n) is 10.7. The molecule has 2 aromatic rings. The Labute approximate surface area is 167 Å². The Kier molecular flexibility index (Phi) is 5.28. The summed E-state index contributed by atoms with van der Waals surface area (Å²) in [5, 5.41) is 16.2. The lowest BCUT2D eigenvalue weighted by molar-refractivity contribution is -0.110. The molecule has 0 spiro atoms. The first-order valence-corrected chi connectivity index (χ1v) is 10.7. The lowest BCUT2D eigenvalue weighted by Gasteiger charge is -2.52. The van der Waals surface area contributed by atoms with Gasteiger partial charge in [-0.15, -0.1) is 0 Å². The molecule has 1 unspecified atom stereocenters. The molecular weight excluding hydrogens is 350 g/mol. The standard InChI is InChI=1S/C23H31N3O2/c1-3-9-18-16-21(25(2)24-18)22(27)26-15-14-23(28,17-10-5-4-6-11-17)19-12-7-8-13-20(19)26/h4-6,10-11,16,19-20,28H,3,7-9,12-15H2,1-2H3/t19-,20?,23+/m0/s1. The number of hydrogen-bond acceptors (Lipinski definition) is 3. The summed E-state index contributed by atoms with van der Waals surface area (Å²) in [5.74, 6) is 0.147. The summed E-state index contributed by atoms with van der Waals surface area (Å²) in [6, 6.07) is 12.1. The van der Waals surface area contributed by atoms with Gasteiger partial charge in [-0.25, -0.2) is 0 Å². The van der Waals surface area contributed by atoms with Gasteiger partial charge in [-0.3, -0.25) is 9.48 Å². The Balaban J connectivity index is 1.63. The van der Waals surface area contributed by atoms with Crippen molar-refractivity contribution < 1.29 is 9.90 Å². The number of rotatable bonds is 4. The third-order valence-electron chi connectivity index (χ3n) is 6.67. The van der Waals surface area contributed by atoms with E-state index >= 15 is 0 Å². The Morgan fingerprint density at radius 1 is 1.25 bits per heavy atom. The Morgan fingerprint density at radius 2 is 2.00 bits per heavy atom. The van der Waals surface area contributed by atoms with E-state index in [2.05, 4.69) is 12.0 Å². The topological polar surface area (TPSA) is 58.4 Å². The van der Waals surface area contributed by atoms with Crippen LogP contribution in [0, 0.1) is 5.92 Å². The highest BCUT2D eigenvalue weighted by Crippen LogP contribution is 2.47. The zero-order valence-electron chi connectivity index (χ0n) is 17.0. The van der Waals surface area contributed by atoms with Crippen LogP contribution in [0.5, 0.6) is 0 Å². The van der Waals surface area contributed by atoms with Gasteiger partial charge in [0.1, 0.15) is 5.69 Å². The number of aromatic nitrogens is 2. The second kappa shape index (κ2) is 7.70. The van der Waals surface area contributed by atoms with Crippen molar-refractivity contribution in [3.05, 3.63) is 53.3 Å². The molecule has 4 rings (SSSR count). The van der Waals surface area contributed by atoms with Gasteiger partial charge in [0.25, 0.3) is 5.91 Å². The SMILES string of the molecule is CCCc1cc(C(=O)N2CC[C@@](O)(c3ccccc3)[C@H]3CCCCC32)n(C)n1. The van der Waals surface area contributed by atoms with E-state index in [1.54, 1.807) is 4.68 Å². The highest BCUT2D eigenvalue weighted by atomic mass is 16.3. The average Bonchev–Trinajstić information content (AvgIpc) is 3.09. The number of aryl methyl sites for hydroxylation is 2. The zero-order chi connectivity index (χ0) is 19.7. The van der Waals surface area contributed by atoms with Gasteiger partial charge in [-0.1, -0.05) is 56.5 Å². The number of likely N-dealkylation sites (tertiary alicyclic amines) is 1. The molecule has 150 valence electrons. The molecule has 5 heteroatoms. The monoisotopic (exact) mass is 381 g/mol. The smallest absolute Gasteiger partial charge is 0.272 e. The molecule has 1 N–H and O–H groups in total. The van der Waals surface area contributed by atoms with E-state index in [9.17, 15) is 9.90 Å². The molecule has 1 amide bonds. The summed E-state index contributed by atoms with van der Waals surface area (Å²) in [5.41, 5.74) is 1.79. The molecule has 1 aliphatic heterocycles. The van der Waals surface area contributed by atoms with Gasteiger partial charge in [0, 0.05) is 25.6 Å². The van der Waals surface area contributed by atoms with Crippen LogP contribution in [-0.4, -0.2) is 38.3 Å². The van der Waals surface area contributed by atoms with Crippen molar-refractivity contribution in [2.75, 3.05) is 6.54 Å². The number of aliphatic hydroxyl groups is 1. The van der Waals surface area contributed by atoms with Crippen LogP contribution < -0.4 is 0 Å². The molecular formula is C23H31N3O2. The van der Waals surface area contributed by atoms with Crippen LogP contribution in [0.1, 0.15) is 67.2 Å². The fourth-order valence-corrected chi connectivity index (χ4v) is 5.27. The fourth-order valence-electron chi connectivity index (χ4n) is 5.27. The predicted molar refractivity (Wildman–Crippen MR) is 109 cm³/mol. The Morgan fingerprint density at radius 3 is 2.75 bits per heavy atom. The maximum Gasteiger partial charge on any atom is 0.272 e.